The molecule has 18 heavy (non-hydrogen) atoms. The van der Waals surface area contributed by atoms with E-state index in [1.54, 1.807) is 0 Å². The third kappa shape index (κ3) is 6.36. The summed E-state index contributed by atoms with van der Waals surface area (Å²) < 4.78 is 0. The molecule has 1 amide bonds. The summed E-state index contributed by atoms with van der Waals surface area (Å²) in [5.41, 5.74) is 0. The summed E-state index contributed by atoms with van der Waals surface area (Å²) in [6.45, 7) is 5.36. The van der Waals surface area contributed by atoms with Crippen LogP contribution < -0.4 is 5.32 Å². The Morgan fingerprint density at radius 2 is 2.00 bits per heavy atom. The van der Waals surface area contributed by atoms with Gasteiger partial charge in [0, 0.05) is 26.1 Å². The van der Waals surface area contributed by atoms with Crippen molar-refractivity contribution >= 4 is 5.91 Å². The SMILES string of the molecule is CCN(CCO)CCC(=O)NCC1CCCCC1. The second-order valence-electron chi connectivity index (χ2n) is 5.22. The number of rotatable bonds is 8. The number of hydrogen-bond acceptors (Lipinski definition) is 3. The normalized spacial score (nSPS) is 17.1. The van der Waals surface area contributed by atoms with Crippen LogP contribution in [0.25, 0.3) is 0 Å². The van der Waals surface area contributed by atoms with Crippen molar-refractivity contribution in [3.05, 3.63) is 0 Å². The number of hydrogen-bond donors (Lipinski definition) is 2. The first-order chi connectivity index (χ1) is 8.76. The first-order valence-electron chi connectivity index (χ1n) is 7.36. The van der Waals surface area contributed by atoms with E-state index < -0.39 is 0 Å². The van der Waals surface area contributed by atoms with E-state index in [4.69, 9.17) is 5.11 Å². The van der Waals surface area contributed by atoms with Crippen LogP contribution >= 0.6 is 0 Å². The molecule has 0 aromatic rings. The number of carbonyl (C=O) groups excluding carboxylic acids is 1. The molecular formula is C14H28N2O2. The summed E-state index contributed by atoms with van der Waals surface area (Å²) in [4.78, 5) is 13.8. The van der Waals surface area contributed by atoms with Crippen LogP contribution in [0.2, 0.25) is 0 Å². The van der Waals surface area contributed by atoms with Gasteiger partial charge in [0.15, 0.2) is 0 Å². The molecule has 0 spiro atoms. The maximum atomic E-state index is 11.7. The van der Waals surface area contributed by atoms with E-state index >= 15 is 0 Å². The first-order valence-corrected chi connectivity index (χ1v) is 7.36. The highest BCUT2D eigenvalue weighted by Crippen LogP contribution is 2.22. The van der Waals surface area contributed by atoms with Gasteiger partial charge in [-0.2, -0.15) is 0 Å². The summed E-state index contributed by atoms with van der Waals surface area (Å²) in [7, 11) is 0. The number of aliphatic hydroxyl groups is 1. The van der Waals surface area contributed by atoms with Crippen molar-refractivity contribution in [2.45, 2.75) is 45.4 Å². The fourth-order valence-corrected chi connectivity index (χ4v) is 2.57. The van der Waals surface area contributed by atoms with E-state index in [0.717, 1.165) is 19.6 Å². The number of carbonyl (C=O) groups is 1. The van der Waals surface area contributed by atoms with Gasteiger partial charge >= 0.3 is 0 Å². The van der Waals surface area contributed by atoms with Crippen molar-refractivity contribution in [1.82, 2.24) is 10.2 Å². The molecular weight excluding hydrogens is 228 g/mol. The van der Waals surface area contributed by atoms with Gasteiger partial charge in [-0.3, -0.25) is 4.79 Å². The topological polar surface area (TPSA) is 52.6 Å². The average Bonchev–Trinajstić information content (AvgIpc) is 2.42. The second kappa shape index (κ2) is 9.34. The predicted octanol–water partition coefficient (Wildman–Crippen LogP) is 1.39. The number of amides is 1. The highest BCUT2D eigenvalue weighted by molar-refractivity contribution is 5.76. The Morgan fingerprint density at radius 3 is 2.61 bits per heavy atom. The van der Waals surface area contributed by atoms with Gasteiger partial charge in [-0.15, -0.1) is 0 Å². The van der Waals surface area contributed by atoms with Gasteiger partial charge in [-0.25, -0.2) is 0 Å². The Kier molecular flexibility index (Phi) is 8.01. The molecule has 1 saturated carbocycles. The Balaban J connectivity index is 2.08. The largest absolute Gasteiger partial charge is 0.395 e. The smallest absolute Gasteiger partial charge is 0.221 e. The van der Waals surface area contributed by atoms with Crippen molar-refractivity contribution in [1.29, 1.82) is 0 Å². The highest BCUT2D eigenvalue weighted by atomic mass is 16.3. The molecule has 0 saturated heterocycles. The molecule has 0 aromatic heterocycles. The maximum absolute atomic E-state index is 11.7. The standard InChI is InChI=1S/C14H28N2O2/c1-2-16(10-11-17)9-8-14(18)15-12-13-6-4-3-5-7-13/h13,17H,2-12H2,1H3,(H,15,18). The van der Waals surface area contributed by atoms with E-state index in [0.29, 0.717) is 18.9 Å². The summed E-state index contributed by atoms with van der Waals surface area (Å²) >= 11 is 0. The van der Waals surface area contributed by atoms with Crippen LogP contribution in [0.4, 0.5) is 0 Å². The molecule has 0 aliphatic heterocycles. The van der Waals surface area contributed by atoms with Gasteiger partial charge in [-0.1, -0.05) is 26.2 Å². The summed E-state index contributed by atoms with van der Waals surface area (Å²) in [6, 6.07) is 0. The van der Waals surface area contributed by atoms with Crippen LogP contribution in [0.15, 0.2) is 0 Å². The van der Waals surface area contributed by atoms with Crippen LogP contribution in [-0.2, 0) is 4.79 Å². The van der Waals surface area contributed by atoms with Gasteiger partial charge < -0.3 is 15.3 Å². The zero-order valence-corrected chi connectivity index (χ0v) is 11.7. The number of likely N-dealkylation sites (N-methyl/N-ethyl adjacent to an activating group) is 1. The van der Waals surface area contributed by atoms with Crippen molar-refractivity contribution in [2.24, 2.45) is 5.92 Å². The van der Waals surface area contributed by atoms with Crippen LogP contribution in [0.5, 0.6) is 0 Å². The van der Waals surface area contributed by atoms with Gasteiger partial charge in [0.25, 0.3) is 0 Å². The van der Waals surface area contributed by atoms with Crippen LogP contribution in [0, 0.1) is 5.92 Å². The molecule has 1 aliphatic carbocycles. The Bertz CT molecular complexity index is 217. The van der Waals surface area contributed by atoms with E-state index in [2.05, 4.69) is 17.1 Å². The summed E-state index contributed by atoms with van der Waals surface area (Å²) in [5, 5.41) is 11.9. The van der Waals surface area contributed by atoms with Crippen molar-refractivity contribution in [2.75, 3.05) is 32.8 Å². The number of nitrogens with one attached hydrogen (secondary N) is 1. The van der Waals surface area contributed by atoms with Gasteiger partial charge in [0.05, 0.1) is 6.61 Å². The van der Waals surface area contributed by atoms with E-state index in [-0.39, 0.29) is 12.5 Å². The zero-order chi connectivity index (χ0) is 13.2. The van der Waals surface area contributed by atoms with E-state index in [1.165, 1.54) is 32.1 Å². The quantitative estimate of drug-likeness (QED) is 0.690. The van der Waals surface area contributed by atoms with Gasteiger partial charge in [0.1, 0.15) is 0 Å². The minimum absolute atomic E-state index is 0.150. The molecule has 0 bridgehead atoms. The molecule has 0 radical (unpaired) electrons. The lowest BCUT2D eigenvalue weighted by atomic mass is 9.89. The lowest BCUT2D eigenvalue weighted by Crippen LogP contribution is -2.34. The third-order valence-corrected chi connectivity index (χ3v) is 3.83. The lowest BCUT2D eigenvalue weighted by Gasteiger charge is -2.22. The van der Waals surface area contributed by atoms with Gasteiger partial charge in [-0.05, 0) is 25.3 Å². The van der Waals surface area contributed by atoms with Crippen LogP contribution in [0.3, 0.4) is 0 Å². The number of nitrogens with zero attached hydrogens (tertiary/aromatic N) is 1. The molecule has 0 heterocycles. The van der Waals surface area contributed by atoms with Crippen molar-refractivity contribution in [3.8, 4) is 0 Å². The summed E-state index contributed by atoms with van der Waals surface area (Å²) in [5.74, 6) is 0.847. The lowest BCUT2D eigenvalue weighted by molar-refractivity contribution is -0.121. The maximum Gasteiger partial charge on any atom is 0.221 e. The fraction of sp³-hybridized carbons (Fsp3) is 0.929. The predicted molar refractivity (Wildman–Crippen MR) is 73.4 cm³/mol. The summed E-state index contributed by atoms with van der Waals surface area (Å²) in [6.07, 6.45) is 7.08. The molecule has 1 fully saturated rings. The van der Waals surface area contributed by atoms with Gasteiger partial charge in [0.2, 0.25) is 5.91 Å². The molecule has 106 valence electrons. The Morgan fingerprint density at radius 1 is 1.28 bits per heavy atom. The molecule has 0 atom stereocenters. The van der Waals surface area contributed by atoms with Crippen molar-refractivity contribution < 1.29 is 9.90 Å². The fourth-order valence-electron chi connectivity index (χ4n) is 2.57. The first kappa shape index (κ1) is 15.4. The van der Waals surface area contributed by atoms with E-state index in [9.17, 15) is 4.79 Å². The van der Waals surface area contributed by atoms with Crippen molar-refractivity contribution in [3.63, 3.8) is 0 Å². The number of aliphatic hydroxyl groups excluding tert-OH is 1. The molecule has 1 rings (SSSR count). The van der Waals surface area contributed by atoms with E-state index in [1.807, 2.05) is 0 Å². The minimum Gasteiger partial charge on any atom is -0.395 e. The molecule has 1 aliphatic rings. The third-order valence-electron chi connectivity index (χ3n) is 3.83. The second-order valence-corrected chi connectivity index (χ2v) is 5.22. The highest BCUT2D eigenvalue weighted by Gasteiger charge is 2.14. The van der Waals surface area contributed by atoms with Crippen LogP contribution in [-0.4, -0.2) is 48.7 Å². The molecule has 2 N–H and O–H groups in total. The Labute approximate surface area is 111 Å². The average molecular weight is 256 g/mol. The Hall–Kier alpha value is -0.610. The molecule has 4 heteroatoms. The minimum atomic E-state index is 0.150. The van der Waals surface area contributed by atoms with Crippen LogP contribution in [0.1, 0.15) is 45.4 Å². The monoisotopic (exact) mass is 256 g/mol. The molecule has 4 nitrogen and oxygen atoms in total. The zero-order valence-electron chi connectivity index (χ0n) is 11.7. The molecule has 0 unspecified atom stereocenters. The molecule has 0 aromatic carbocycles.